The summed E-state index contributed by atoms with van der Waals surface area (Å²) in [6.45, 7) is 3.25. The zero-order valence-corrected chi connectivity index (χ0v) is 16.4. The normalized spacial score (nSPS) is 18.0. The molecule has 2 heterocycles. The summed E-state index contributed by atoms with van der Waals surface area (Å²) < 4.78 is 6.93. The van der Waals surface area contributed by atoms with E-state index in [1.165, 1.54) is 0 Å². The predicted octanol–water partition coefficient (Wildman–Crippen LogP) is 4.11. The zero-order chi connectivity index (χ0) is 17.3. The third-order valence-corrected chi connectivity index (χ3v) is 6.13. The summed E-state index contributed by atoms with van der Waals surface area (Å²) in [6.07, 6.45) is 3.32. The number of nitrogens with one attached hydrogen (secondary N) is 1. The molecule has 0 radical (unpaired) electrons. The Kier molecular flexibility index (Phi) is 5.30. The third kappa shape index (κ3) is 3.37. The molecule has 1 aromatic carbocycles. The van der Waals surface area contributed by atoms with E-state index in [0.717, 1.165) is 32.7 Å². The number of hydrogen-bond acceptors (Lipinski definition) is 3. The first-order valence-corrected chi connectivity index (χ1v) is 9.52. The first kappa shape index (κ1) is 17.5. The summed E-state index contributed by atoms with van der Waals surface area (Å²) in [5, 5.41) is 0.869. The standard InChI is InChI=1S/C17H18Br2N2O3/c1-2-24-17(23)10-4-3-5-21(9-10)16(22)12-8-20-15-7-14(19)13(18)6-11(12)15/h6-8,10,20H,2-5,9H2,1H3. The Morgan fingerprint density at radius 3 is 2.83 bits per heavy atom. The summed E-state index contributed by atoms with van der Waals surface area (Å²) in [4.78, 5) is 29.8. The van der Waals surface area contributed by atoms with Crippen molar-refractivity contribution in [3.8, 4) is 0 Å². The lowest BCUT2D eigenvalue weighted by atomic mass is 9.97. The van der Waals surface area contributed by atoms with Crippen LogP contribution in [0.25, 0.3) is 10.9 Å². The Hall–Kier alpha value is -1.34. The van der Waals surface area contributed by atoms with Crippen LogP contribution in [0.1, 0.15) is 30.1 Å². The number of carbonyl (C=O) groups excluding carboxylic acids is 2. The molecule has 1 aromatic heterocycles. The van der Waals surface area contributed by atoms with E-state index < -0.39 is 0 Å². The smallest absolute Gasteiger partial charge is 0.310 e. The molecule has 0 aliphatic carbocycles. The van der Waals surface area contributed by atoms with Crippen LogP contribution in [-0.2, 0) is 9.53 Å². The molecule has 5 nitrogen and oxygen atoms in total. The highest BCUT2D eigenvalue weighted by Crippen LogP contribution is 2.31. The van der Waals surface area contributed by atoms with Crippen LogP contribution in [-0.4, -0.2) is 41.5 Å². The topological polar surface area (TPSA) is 62.4 Å². The molecule has 1 saturated heterocycles. The Labute approximate surface area is 157 Å². The number of amides is 1. The Balaban J connectivity index is 1.84. The lowest BCUT2D eigenvalue weighted by Gasteiger charge is -2.31. The van der Waals surface area contributed by atoms with E-state index in [4.69, 9.17) is 4.74 Å². The molecule has 1 fully saturated rings. The number of esters is 1. The zero-order valence-electron chi connectivity index (χ0n) is 13.3. The summed E-state index contributed by atoms with van der Waals surface area (Å²) in [5.74, 6) is -0.487. The second kappa shape index (κ2) is 7.27. The van der Waals surface area contributed by atoms with Crippen molar-refractivity contribution in [2.75, 3.05) is 19.7 Å². The molecule has 3 rings (SSSR count). The molecule has 0 spiro atoms. The molecular weight excluding hydrogens is 440 g/mol. The number of H-pyrrole nitrogens is 1. The van der Waals surface area contributed by atoms with Gasteiger partial charge < -0.3 is 14.6 Å². The fraction of sp³-hybridized carbons (Fsp3) is 0.412. The van der Waals surface area contributed by atoms with Gasteiger partial charge in [-0.3, -0.25) is 9.59 Å². The van der Waals surface area contributed by atoms with E-state index in [1.807, 2.05) is 12.1 Å². The molecule has 1 unspecified atom stereocenters. The molecule has 2 aromatic rings. The van der Waals surface area contributed by atoms with Crippen LogP contribution in [0.4, 0.5) is 0 Å². The molecule has 7 heteroatoms. The van der Waals surface area contributed by atoms with Crippen LogP contribution in [0.3, 0.4) is 0 Å². The minimum atomic E-state index is -0.228. The first-order chi connectivity index (χ1) is 11.5. The molecule has 0 saturated carbocycles. The number of carbonyl (C=O) groups is 2. The van der Waals surface area contributed by atoms with Gasteiger partial charge in [-0.25, -0.2) is 0 Å². The van der Waals surface area contributed by atoms with Crippen molar-refractivity contribution < 1.29 is 14.3 Å². The van der Waals surface area contributed by atoms with Gasteiger partial charge in [-0.05, 0) is 63.8 Å². The maximum absolute atomic E-state index is 12.9. The predicted molar refractivity (Wildman–Crippen MR) is 99.0 cm³/mol. The summed E-state index contributed by atoms with van der Waals surface area (Å²) in [7, 11) is 0. The maximum Gasteiger partial charge on any atom is 0.310 e. The number of ether oxygens (including phenoxy) is 1. The number of benzene rings is 1. The maximum atomic E-state index is 12.9. The fourth-order valence-electron chi connectivity index (χ4n) is 3.08. The molecule has 1 N–H and O–H groups in total. The van der Waals surface area contributed by atoms with Crippen molar-refractivity contribution in [3.63, 3.8) is 0 Å². The van der Waals surface area contributed by atoms with Gasteiger partial charge in [-0.2, -0.15) is 0 Å². The van der Waals surface area contributed by atoms with E-state index in [-0.39, 0.29) is 17.8 Å². The van der Waals surface area contributed by atoms with Crippen molar-refractivity contribution in [3.05, 3.63) is 32.8 Å². The molecule has 1 aliphatic rings. The molecule has 1 atom stereocenters. The van der Waals surface area contributed by atoms with Gasteiger partial charge in [0.25, 0.3) is 5.91 Å². The Morgan fingerprint density at radius 1 is 1.33 bits per heavy atom. The number of piperidine rings is 1. The van der Waals surface area contributed by atoms with E-state index in [0.29, 0.717) is 25.3 Å². The SMILES string of the molecule is CCOC(=O)C1CCCN(C(=O)c2c[nH]c3cc(Br)c(Br)cc23)C1. The lowest BCUT2D eigenvalue weighted by Crippen LogP contribution is -2.42. The Bertz CT molecular complexity index is 787. The number of aromatic amines is 1. The minimum Gasteiger partial charge on any atom is -0.466 e. The second-order valence-electron chi connectivity index (χ2n) is 5.86. The third-order valence-electron chi connectivity index (χ3n) is 4.28. The number of likely N-dealkylation sites (tertiary alicyclic amines) is 1. The van der Waals surface area contributed by atoms with Crippen LogP contribution in [0.5, 0.6) is 0 Å². The average Bonchev–Trinajstić information content (AvgIpc) is 2.97. The van der Waals surface area contributed by atoms with Gasteiger partial charge in [0.2, 0.25) is 0 Å². The van der Waals surface area contributed by atoms with Crippen molar-refractivity contribution in [2.24, 2.45) is 5.92 Å². The monoisotopic (exact) mass is 456 g/mol. The van der Waals surface area contributed by atoms with E-state index >= 15 is 0 Å². The van der Waals surface area contributed by atoms with Crippen LogP contribution in [0.15, 0.2) is 27.3 Å². The highest BCUT2D eigenvalue weighted by atomic mass is 79.9. The largest absolute Gasteiger partial charge is 0.466 e. The highest BCUT2D eigenvalue weighted by Gasteiger charge is 2.30. The number of rotatable bonds is 3. The molecule has 0 bridgehead atoms. The van der Waals surface area contributed by atoms with Crippen molar-refractivity contribution in [1.82, 2.24) is 9.88 Å². The van der Waals surface area contributed by atoms with Gasteiger partial charge in [0.1, 0.15) is 0 Å². The Morgan fingerprint density at radius 2 is 2.08 bits per heavy atom. The number of nitrogens with zero attached hydrogens (tertiary/aromatic N) is 1. The number of fused-ring (bicyclic) bond motifs is 1. The number of hydrogen-bond donors (Lipinski definition) is 1. The van der Waals surface area contributed by atoms with E-state index in [9.17, 15) is 9.59 Å². The van der Waals surface area contributed by atoms with Crippen molar-refractivity contribution >= 4 is 54.6 Å². The highest BCUT2D eigenvalue weighted by molar-refractivity contribution is 9.13. The van der Waals surface area contributed by atoms with E-state index in [2.05, 4.69) is 36.8 Å². The van der Waals surface area contributed by atoms with Gasteiger partial charge in [-0.15, -0.1) is 0 Å². The molecule has 1 amide bonds. The molecule has 24 heavy (non-hydrogen) atoms. The first-order valence-electron chi connectivity index (χ1n) is 7.93. The van der Waals surface area contributed by atoms with Crippen LogP contribution >= 0.6 is 31.9 Å². The quantitative estimate of drug-likeness (QED) is 0.705. The lowest BCUT2D eigenvalue weighted by molar-refractivity contribution is -0.149. The summed E-state index contributed by atoms with van der Waals surface area (Å²) in [6, 6.07) is 3.86. The minimum absolute atomic E-state index is 0.0514. The van der Waals surface area contributed by atoms with Gasteiger partial charge in [0.05, 0.1) is 18.1 Å². The van der Waals surface area contributed by atoms with Crippen LogP contribution in [0.2, 0.25) is 0 Å². The van der Waals surface area contributed by atoms with E-state index in [1.54, 1.807) is 18.0 Å². The van der Waals surface area contributed by atoms with Gasteiger partial charge in [0.15, 0.2) is 0 Å². The van der Waals surface area contributed by atoms with Gasteiger partial charge in [0, 0.05) is 39.1 Å². The van der Waals surface area contributed by atoms with Crippen LogP contribution < -0.4 is 0 Å². The molecular formula is C17H18Br2N2O3. The van der Waals surface area contributed by atoms with Crippen LogP contribution in [0, 0.1) is 5.92 Å². The summed E-state index contributed by atoms with van der Waals surface area (Å²) >= 11 is 6.94. The summed E-state index contributed by atoms with van der Waals surface area (Å²) in [5.41, 5.74) is 1.52. The van der Waals surface area contributed by atoms with Crippen molar-refractivity contribution in [2.45, 2.75) is 19.8 Å². The van der Waals surface area contributed by atoms with Gasteiger partial charge >= 0.3 is 5.97 Å². The van der Waals surface area contributed by atoms with Gasteiger partial charge in [-0.1, -0.05) is 0 Å². The second-order valence-corrected chi connectivity index (χ2v) is 7.57. The fourth-order valence-corrected chi connectivity index (χ4v) is 3.76. The number of halogens is 2. The average molecular weight is 458 g/mol. The molecule has 128 valence electrons. The molecule has 1 aliphatic heterocycles. The van der Waals surface area contributed by atoms with Crippen molar-refractivity contribution in [1.29, 1.82) is 0 Å². The number of aromatic nitrogens is 1.